The van der Waals surface area contributed by atoms with E-state index < -0.39 is 28.5 Å². The van der Waals surface area contributed by atoms with Crippen LogP contribution in [0, 0.1) is 13.8 Å². The summed E-state index contributed by atoms with van der Waals surface area (Å²) in [5.41, 5.74) is 3.15. The van der Waals surface area contributed by atoms with E-state index in [2.05, 4.69) is 5.32 Å². The van der Waals surface area contributed by atoms with Gasteiger partial charge in [-0.05, 0) is 81.6 Å². The summed E-state index contributed by atoms with van der Waals surface area (Å²) in [5, 5.41) is 3.31. The van der Waals surface area contributed by atoms with Crippen molar-refractivity contribution < 1.29 is 18.0 Å². The van der Waals surface area contributed by atoms with Crippen LogP contribution < -0.4 is 9.62 Å². The van der Waals surface area contributed by atoms with Crippen LogP contribution in [0.2, 0.25) is 5.02 Å². The van der Waals surface area contributed by atoms with E-state index in [1.807, 2.05) is 58.9 Å². The van der Waals surface area contributed by atoms with Gasteiger partial charge in [0.15, 0.2) is 0 Å². The Balaban J connectivity index is 2.07. The van der Waals surface area contributed by atoms with E-state index in [1.165, 1.54) is 29.2 Å². The van der Waals surface area contributed by atoms with Gasteiger partial charge in [0.25, 0.3) is 10.0 Å². The van der Waals surface area contributed by atoms with Crippen molar-refractivity contribution in [2.24, 2.45) is 0 Å². The van der Waals surface area contributed by atoms with Crippen molar-refractivity contribution >= 4 is 39.1 Å². The van der Waals surface area contributed by atoms with Gasteiger partial charge in [-0.25, -0.2) is 8.42 Å². The lowest BCUT2D eigenvalue weighted by atomic mass is 10.1. The number of rotatable bonds is 11. The predicted molar refractivity (Wildman–Crippen MR) is 156 cm³/mol. The van der Waals surface area contributed by atoms with Crippen LogP contribution in [0.25, 0.3) is 0 Å². The molecule has 9 heteroatoms. The van der Waals surface area contributed by atoms with Crippen molar-refractivity contribution in [2.75, 3.05) is 10.8 Å². The molecular weight excluding hydrogens is 534 g/mol. The van der Waals surface area contributed by atoms with Gasteiger partial charge in [0, 0.05) is 17.6 Å². The maximum absolute atomic E-state index is 14.1. The highest BCUT2D eigenvalue weighted by Gasteiger charge is 2.34. The molecule has 3 rings (SSSR count). The summed E-state index contributed by atoms with van der Waals surface area (Å²) in [5.74, 6) is -0.765. The highest BCUT2D eigenvalue weighted by molar-refractivity contribution is 7.92. The molecule has 0 unspecified atom stereocenters. The molecule has 1 N–H and O–H groups in total. The minimum Gasteiger partial charge on any atom is -0.352 e. The number of aryl methyl sites for hydroxylation is 2. The molecule has 1 atom stereocenters. The second-order valence-corrected chi connectivity index (χ2v) is 12.1. The summed E-state index contributed by atoms with van der Waals surface area (Å²) in [6.45, 7) is 9.08. The normalized spacial score (nSPS) is 12.2. The van der Waals surface area contributed by atoms with E-state index in [0.717, 1.165) is 21.0 Å². The molecule has 0 aliphatic rings. The molecule has 0 aliphatic heterocycles. The van der Waals surface area contributed by atoms with Gasteiger partial charge in [-0.3, -0.25) is 13.9 Å². The molecule has 7 nitrogen and oxygen atoms in total. The molecular formula is C30H36ClN3O4S. The minimum atomic E-state index is -4.14. The third kappa shape index (κ3) is 7.61. The molecule has 0 fully saturated rings. The molecule has 208 valence electrons. The van der Waals surface area contributed by atoms with Gasteiger partial charge in [-0.1, -0.05) is 60.5 Å². The lowest BCUT2D eigenvalue weighted by Crippen LogP contribution is -2.53. The summed E-state index contributed by atoms with van der Waals surface area (Å²) < 4.78 is 28.8. The van der Waals surface area contributed by atoms with Gasteiger partial charge in [-0.2, -0.15) is 0 Å². The zero-order chi connectivity index (χ0) is 28.7. The van der Waals surface area contributed by atoms with Gasteiger partial charge in [-0.15, -0.1) is 0 Å². The first-order valence-corrected chi connectivity index (χ1v) is 14.7. The minimum absolute atomic E-state index is 0.00956. The van der Waals surface area contributed by atoms with Crippen LogP contribution in [0.1, 0.15) is 43.9 Å². The van der Waals surface area contributed by atoms with E-state index in [0.29, 0.717) is 17.1 Å². The highest BCUT2D eigenvalue weighted by Crippen LogP contribution is 2.26. The Morgan fingerprint density at radius 2 is 1.54 bits per heavy atom. The van der Waals surface area contributed by atoms with Gasteiger partial charge < -0.3 is 10.2 Å². The lowest BCUT2D eigenvalue weighted by molar-refractivity contribution is -0.140. The number of carbonyl (C=O) groups is 2. The summed E-state index contributed by atoms with van der Waals surface area (Å²) in [6.07, 6.45) is 0.366. The third-order valence-electron chi connectivity index (χ3n) is 6.42. The van der Waals surface area contributed by atoms with Gasteiger partial charge in [0.2, 0.25) is 11.8 Å². The molecule has 3 aromatic rings. The molecule has 39 heavy (non-hydrogen) atoms. The second kappa shape index (κ2) is 13.1. The third-order valence-corrected chi connectivity index (χ3v) is 8.46. The molecule has 0 bridgehead atoms. The van der Waals surface area contributed by atoms with Crippen LogP contribution in [0.4, 0.5) is 5.69 Å². The molecule has 0 aromatic heterocycles. The average molecular weight is 570 g/mol. The second-order valence-electron chi connectivity index (χ2n) is 9.84. The number of nitrogens with zero attached hydrogens (tertiary/aromatic N) is 2. The molecule has 0 saturated carbocycles. The molecule has 0 radical (unpaired) electrons. The molecule has 0 aliphatic carbocycles. The number of hydrogen-bond donors (Lipinski definition) is 1. The smallest absolute Gasteiger partial charge is 0.264 e. The summed E-state index contributed by atoms with van der Waals surface area (Å²) >= 11 is 6.00. The van der Waals surface area contributed by atoms with Gasteiger partial charge in [0.05, 0.1) is 10.6 Å². The maximum atomic E-state index is 14.1. The van der Waals surface area contributed by atoms with Crippen LogP contribution >= 0.6 is 11.6 Å². The van der Waals surface area contributed by atoms with E-state index >= 15 is 0 Å². The number of benzene rings is 3. The number of hydrogen-bond acceptors (Lipinski definition) is 4. The van der Waals surface area contributed by atoms with Crippen LogP contribution in [0.5, 0.6) is 0 Å². The van der Waals surface area contributed by atoms with Crippen molar-refractivity contribution in [3.8, 4) is 0 Å². The van der Waals surface area contributed by atoms with E-state index in [-0.39, 0.29) is 23.4 Å². The van der Waals surface area contributed by atoms with Crippen molar-refractivity contribution in [2.45, 2.75) is 64.6 Å². The van der Waals surface area contributed by atoms with Gasteiger partial charge in [0.1, 0.15) is 12.6 Å². The fraction of sp³-hybridized carbons (Fsp3) is 0.333. The van der Waals surface area contributed by atoms with Crippen molar-refractivity contribution in [3.05, 3.63) is 94.5 Å². The van der Waals surface area contributed by atoms with Crippen molar-refractivity contribution in [3.63, 3.8) is 0 Å². The standard InChI is InChI=1S/C30H36ClN3O4S/c1-6-28(30(36)32-21(2)3)33(19-24-10-8-7-9-23(24)5)29(35)20-34(26-15-11-22(4)12-16-26)39(37,38)27-17-13-25(31)14-18-27/h7-18,21,28H,6,19-20H2,1-5H3,(H,32,36)/t28-/m1/s1. The summed E-state index contributed by atoms with van der Waals surface area (Å²) in [7, 11) is -4.14. The Morgan fingerprint density at radius 1 is 0.923 bits per heavy atom. The van der Waals surface area contributed by atoms with Gasteiger partial charge >= 0.3 is 0 Å². The fourth-order valence-corrected chi connectivity index (χ4v) is 5.78. The van der Waals surface area contributed by atoms with E-state index in [9.17, 15) is 18.0 Å². The quantitative estimate of drug-likeness (QED) is 0.331. The van der Waals surface area contributed by atoms with Crippen molar-refractivity contribution in [1.82, 2.24) is 10.2 Å². The van der Waals surface area contributed by atoms with Crippen LogP contribution in [0.15, 0.2) is 77.7 Å². The number of sulfonamides is 1. The van der Waals surface area contributed by atoms with Crippen LogP contribution in [-0.2, 0) is 26.2 Å². The Kier molecular flexibility index (Phi) is 10.2. The number of halogens is 1. The average Bonchev–Trinajstić information content (AvgIpc) is 2.88. The zero-order valence-electron chi connectivity index (χ0n) is 23.0. The molecule has 2 amide bonds. The highest BCUT2D eigenvalue weighted by atomic mass is 35.5. The predicted octanol–water partition coefficient (Wildman–Crippen LogP) is 5.48. The largest absolute Gasteiger partial charge is 0.352 e. The molecule has 0 heterocycles. The topological polar surface area (TPSA) is 86.8 Å². The SMILES string of the molecule is CC[C@H](C(=O)NC(C)C)N(Cc1ccccc1C)C(=O)CN(c1ccc(C)cc1)S(=O)(=O)c1ccc(Cl)cc1. The summed E-state index contributed by atoms with van der Waals surface area (Å²) in [6, 6.07) is 19.5. The first-order valence-electron chi connectivity index (χ1n) is 12.9. The Bertz CT molecular complexity index is 1390. The Labute approximate surface area is 236 Å². The van der Waals surface area contributed by atoms with Crippen molar-refractivity contribution in [1.29, 1.82) is 0 Å². The zero-order valence-corrected chi connectivity index (χ0v) is 24.6. The number of nitrogens with one attached hydrogen (secondary N) is 1. The number of anilines is 1. The fourth-order valence-electron chi connectivity index (χ4n) is 4.24. The van der Waals surface area contributed by atoms with E-state index in [4.69, 9.17) is 11.6 Å². The Hall–Kier alpha value is -3.36. The molecule has 0 spiro atoms. The number of carbonyl (C=O) groups excluding carboxylic acids is 2. The lowest BCUT2D eigenvalue weighted by Gasteiger charge is -2.34. The van der Waals surface area contributed by atoms with Crippen LogP contribution in [0.3, 0.4) is 0 Å². The van der Waals surface area contributed by atoms with E-state index in [1.54, 1.807) is 24.3 Å². The number of amides is 2. The monoisotopic (exact) mass is 569 g/mol. The molecule has 0 saturated heterocycles. The Morgan fingerprint density at radius 3 is 2.10 bits per heavy atom. The maximum Gasteiger partial charge on any atom is 0.264 e. The first-order chi connectivity index (χ1) is 18.4. The summed E-state index contributed by atoms with van der Waals surface area (Å²) in [4.78, 5) is 28.7. The first kappa shape index (κ1) is 30.2. The van der Waals surface area contributed by atoms with Crippen LogP contribution in [-0.4, -0.2) is 43.8 Å². The molecule has 3 aromatic carbocycles.